The number of hydrogen-bond acceptors (Lipinski definition) is 4. The number of nitrogens with one attached hydrogen (secondary N) is 1. The first kappa shape index (κ1) is 22.3. The fourth-order valence-electron chi connectivity index (χ4n) is 4.30. The zero-order valence-electron chi connectivity index (χ0n) is 17.0. The van der Waals surface area contributed by atoms with E-state index < -0.39 is 0 Å². The number of carbonyl (C=O) groups excluding carboxylic acids is 1. The van der Waals surface area contributed by atoms with Crippen molar-refractivity contribution in [2.75, 3.05) is 46.4 Å². The van der Waals surface area contributed by atoms with Crippen LogP contribution in [0.15, 0.2) is 29.3 Å². The minimum atomic E-state index is 0. The Morgan fingerprint density at radius 1 is 1.14 bits per heavy atom. The quantitative estimate of drug-likeness (QED) is 0.378. The summed E-state index contributed by atoms with van der Waals surface area (Å²) in [7, 11) is 1.76. The molecular formula is C21H31IN4O3. The van der Waals surface area contributed by atoms with E-state index in [0.717, 1.165) is 51.5 Å². The summed E-state index contributed by atoms with van der Waals surface area (Å²) in [5.41, 5.74) is 2.60. The normalized spacial score (nSPS) is 24.7. The number of nitrogens with zero attached hydrogens (tertiary/aromatic N) is 3. The lowest BCUT2D eigenvalue weighted by molar-refractivity contribution is -0.130. The maximum atomic E-state index is 12.7. The van der Waals surface area contributed by atoms with Crippen LogP contribution < -0.4 is 5.32 Å². The minimum Gasteiger partial charge on any atom is -0.375 e. The topological polar surface area (TPSA) is 66.4 Å². The molecule has 1 N–H and O–H groups in total. The summed E-state index contributed by atoms with van der Waals surface area (Å²) in [6.07, 6.45) is 3.33. The molecule has 3 aliphatic rings. The molecule has 0 radical (unpaired) electrons. The summed E-state index contributed by atoms with van der Waals surface area (Å²) in [4.78, 5) is 21.2. The highest BCUT2D eigenvalue weighted by atomic mass is 127. The average Bonchev–Trinajstić information content (AvgIpc) is 3.29. The van der Waals surface area contributed by atoms with Crippen molar-refractivity contribution in [2.45, 2.75) is 38.0 Å². The maximum absolute atomic E-state index is 12.7. The molecule has 2 unspecified atom stereocenters. The average molecular weight is 514 g/mol. The first-order chi connectivity index (χ1) is 13.7. The van der Waals surface area contributed by atoms with Crippen molar-refractivity contribution < 1.29 is 14.3 Å². The van der Waals surface area contributed by atoms with Crippen molar-refractivity contribution in [1.29, 1.82) is 0 Å². The van der Waals surface area contributed by atoms with Gasteiger partial charge >= 0.3 is 0 Å². The number of amides is 1. The van der Waals surface area contributed by atoms with Gasteiger partial charge in [0.15, 0.2) is 5.96 Å². The first-order valence-electron chi connectivity index (χ1n) is 10.3. The van der Waals surface area contributed by atoms with E-state index >= 15 is 0 Å². The SMILES string of the molecule is CN=C(NCC(=O)N1CCc2ccccc2C1)N1CCOC(C2CCCO2)C1.I. The van der Waals surface area contributed by atoms with Crippen molar-refractivity contribution in [3.05, 3.63) is 35.4 Å². The summed E-state index contributed by atoms with van der Waals surface area (Å²) >= 11 is 0. The van der Waals surface area contributed by atoms with Crippen molar-refractivity contribution in [1.82, 2.24) is 15.1 Å². The standard InChI is InChI=1S/C21H30N4O3.HI/c1-22-21(25-10-12-28-19(15-25)18-7-4-11-27-18)23-13-20(26)24-9-8-16-5-2-3-6-17(16)14-24;/h2-3,5-6,18-19H,4,7-15H2,1H3,(H,22,23);1H. The third kappa shape index (κ3) is 5.40. The molecule has 160 valence electrons. The summed E-state index contributed by atoms with van der Waals surface area (Å²) < 4.78 is 11.7. The van der Waals surface area contributed by atoms with E-state index in [0.29, 0.717) is 13.2 Å². The van der Waals surface area contributed by atoms with Gasteiger partial charge in [-0.15, -0.1) is 24.0 Å². The Kier molecular flexibility index (Phi) is 8.14. The highest BCUT2D eigenvalue weighted by molar-refractivity contribution is 14.0. The molecule has 2 fully saturated rings. The van der Waals surface area contributed by atoms with E-state index in [2.05, 4.69) is 33.4 Å². The van der Waals surface area contributed by atoms with Gasteiger partial charge in [-0.3, -0.25) is 9.79 Å². The van der Waals surface area contributed by atoms with Gasteiger partial charge in [0.1, 0.15) is 6.10 Å². The third-order valence-corrected chi connectivity index (χ3v) is 5.87. The summed E-state index contributed by atoms with van der Waals surface area (Å²) in [5.74, 6) is 0.872. The van der Waals surface area contributed by atoms with Crippen molar-refractivity contribution in [3.8, 4) is 0 Å². The van der Waals surface area contributed by atoms with Gasteiger partial charge in [-0.25, -0.2) is 0 Å². The number of fused-ring (bicyclic) bond motifs is 1. The van der Waals surface area contributed by atoms with Crippen LogP contribution in [-0.4, -0.2) is 80.3 Å². The molecule has 1 aromatic carbocycles. The van der Waals surface area contributed by atoms with Crippen LogP contribution in [0, 0.1) is 0 Å². The van der Waals surface area contributed by atoms with Gasteiger partial charge in [0, 0.05) is 39.8 Å². The molecule has 3 heterocycles. The number of ether oxygens (including phenoxy) is 2. The first-order valence-corrected chi connectivity index (χ1v) is 10.3. The molecule has 3 aliphatic heterocycles. The molecule has 7 nitrogen and oxygen atoms in total. The Balaban J connectivity index is 0.00000240. The number of hydrogen-bond donors (Lipinski definition) is 1. The van der Waals surface area contributed by atoms with Gasteiger partial charge in [0.2, 0.25) is 5.91 Å². The van der Waals surface area contributed by atoms with E-state index in [1.165, 1.54) is 11.1 Å². The predicted molar refractivity (Wildman–Crippen MR) is 123 cm³/mol. The molecule has 0 saturated carbocycles. The Morgan fingerprint density at radius 2 is 1.93 bits per heavy atom. The molecule has 0 aliphatic carbocycles. The summed E-state index contributed by atoms with van der Waals surface area (Å²) in [6.45, 7) is 4.72. The minimum absolute atomic E-state index is 0. The van der Waals surface area contributed by atoms with E-state index in [9.17, 15) is 4.79 Å². The van der Waals surface area contributed by atoms with E-state index in [4.69, 9.17) is 9.47 Å². The number of guanidine groups is 1. The van der Waals surface area contributed by atoms with Crippen molar-refractivity contribution in [2.24, 2.45) is 4.99 Å². The third-order valence-electron chi connectivity index (χ3n) is 5.87. The number of rotatable bonds is 3. The van der Waals surface area contributed by atoms with Gasteiger partial charge in [-0.05, 0) is 30.4 Å². The van der Waals surface area contributed by atoms with Crippen LogP contribution >= 0.6 is 24.0 Å². The van der Waals surface area contributed by atoms with Crippen LogP contribution in [0.5, 0.6) is 0 Å². The fraction of sp³-hybridized carbons (Fsp3) is 0.619. The number of halogens is 1. The molecule has 2 atom stereocenters. The second-order valence-corrected chi connectivity index (χ2v) is 7.64. The van der Waals surface area contributed by atoms with Crippen LogP contribution in [0.2, 0.25) is 0 Å². The molecule has 0 spiro atoms. The summed E-state index contributed by atoms with van der Waals surface area (Å²) in [6, 6.07) is 8.37. The lowest BCUT2D eigenvalue weighted by Crippen LogP contribution is -2.54. The number of morpholine rings is 1. The van der Waals surface area contributed by atoms with Crippen LogP contribution in [0.3, 0.4) is 0 Å². The van der Waals surface area contributed by atoms with Gasteiger partial charge in [-0.1, -0.05) is 24.3 Å². The summed E-state index contributed by atoms with van der Waals surface area (Å²) in [5, 5.41) is 3.26. The largest absolute Gasteiger partial charge is 0.375 e. The lowest BCUT2D eigenvalue weighted by atomic mass is 10.00. The Bertz CT molecular complexity index is 724. The molecule has 2 saturated heterocycles. The smallest absolute Gasteiger partial charge is 0.242 e. The number of benzene rings is 1. The molecule has 4 rings (SSSR count). The van der Waals surface area contributed by atoms with Crippen LogP contribution in [0.4, 0.5) is 0 Å². The molecule has 1 aromatic rings. The molecule has 29 heavy (non-hydrogen) atoms. The van der Waals surface area contributed by atoms with Crippen LogP contribution in [0.1, 0.15) is 24.0 Å². The van der Waals surface area contributed by atoms with E-state index in [-0.39, 0.29) is 48.6 Å². The molecule has 1 amide bonds. The van der Waals surface area contributed by atoms with Crippen molar-refractivity contribution in [3.63, 3.8) is 0 Å². The Hall–Kier alpha value is -1.39. The molecule has 0 bridgehead atoms. The second-order valence-electron chi connectivity index (χ2n) is 7.64. The molecule has 8 heteroatoms. The monoisotopic (exact) mass is 514 g/mol. The molecule has 0 aromatic heterocycles. The highest BCUT2D eigenvalue weighted by Gasteiger charge is 2.32. The Labute approximate surface area is 189 Å². The van der Waals surface area contributed by atoms with Crippen LogP contribution in [0.25, 0.3) is 0 Å². The second kappa shape index (κ2) is 10.6. The predicted octanol–water partition coefficient (Wildman–Crippen LogP) is 1.64. The van der Waals surface area contributed by atoms with E-state index in [1.807, 2.05) is 11.0 Å². The zero-order chi connectivity index (χ0) is 19.3. The number of aliphatic imine (C=N–C) groups is 1. The van der Waals surface area contributed by atoms with Gasteiger partial charge in [0.25, 0.3) is 0 Å². The van der Waals surface area contributed by atoms with E-state index in [1.54, 1.807) is 7.05 Å². The maximum Gasteiger partial charge on any atom is 0.242 e. The Morgan fingerprint density at radius 3 is 2.69 bits per heavy atom. The van der Waals surface area contributed by atoms with Gasteiger partial charge in [-0.2, -0.15) is 0 Å². The number of carbonyl (C=O) groups is 1. The molecular weight excluding hydrogens is 483 g/mol. The van der Waals surface area contributed by atoms with Gasteiger partial charge < -0.3 is 24.6 Å². The van der Waals surface area contributed by atoms with Gasteiger partial charge in [0.05, 0.1) is 19.3 Å². The lowest BCUT2D eigenvalue weighted by Gasteiger charge is -2.37. The van der Waals surface area contributed by atoms with Crippen LogP contribution in [-0.2, 0) is 27.2 Å². The fourth-order valence-corrected chi connectivity index (χ4v) is 4.30. The van der Waals surface area contributed by atoms with Crippen molar-refractivity contribution >= 4 is 35.8 Å². The zero-order valence-corrected chi connectivity index (χ0v) is 19.3. The highest BCUT2D eigenvalue weighted by Crippen LogP contribution is 2.21.